The summed E-state index contributed by atoms with van der Waals surface area (Å²) in [5, 5.41) is 8.26. The predicted molar refractivity (Wildman–Crippen MR) is 26.9 cm³/mol. The summed E-state index contributed by atoms with van der Waals surface area (Å²) in [5.74, 6) is -0.873. The third kappa shape index (κ3) is 0.788. The number of nitrogens with one attached hydrogen (secondary N) is 2. The molecule has 0 aliphatic carbocycles. The molecule has 1 rings (SSSR count). The molecule has 0 bridgehead atoms. The number of hydrazine groups is 1. The number of carboxylic acid groups (broad SMARTS) is 1. The fourth-order valence-electron chi connectivity index (χ4n) is 0.473. The van der Waals surface area contributed by atoms with E-state index in [9.17, 15) is 4.79 Å². The van der Waals surface area contributed by atoms with E-state index in [1.54, 1.807) is 0 Å². The molecule has 0 aromatic heterocycles. The molecule has 0 spiro atoms. The van der Waals surface area contributed by atoms with Crippen LogP contribution in [0.1, 0.15) is 0 Å². The zero-order chi connectivity index (χ0) is 5.98. The normalized spacial score (nSPS) is 17.2. The molecular weight excluding hydrogens is 108 g/mol. The first-order valence-corrected chi connectivity index (χ1v) is 2.21. The van der Waals surface area contributed by atoms with Crippen LogP contribution in [0.4, 0.5) is 0 Å². The van der Waals surface area contributed by atoms with Gasteiger partial charge in [-0.2, -0.15) is 0 Å². The van der Waals surface area contributed by atoms with Crippen LogP contribution in [0.25, 0.3) is 0 Å². The van der Waals surface area contributed by atoms with Gasteiger partial charge in [0, 0.05) is 12.7 Å². The molecule has 3 N–H and O–H groups in total. The van der Waals surface area contributed by atoms with Crippen molar-refractivity contribution in [3.8, 4) is 0 Å². The molecule has 4 heteroatoms. The fraction of sp³-hybridized carbons (Fsp3) is 0.250. The third-order valence-electron chi connectivity index (χ3n) is 0.902. The van der Waals surface area contributed by atoms with Crippen molar-refractivity contribution in [2.75, 3.05) is 6.54 Å². The van der Waals surface area contributed by atoms with Gasteiger partial charge in [-0.1, -0.05) is 0 Å². The summed E-state index contributed by atoms with van der Waals surface area (Å²) in [6.45, 7) is 0.398. The highest BCUT2D eigenvalue weighted by Crippen LogP contribution is 1.92. The molecule has 0 amide bonds. The van der Waals surface area contributed by atoms with Gasteiger partial charge in [-0.05, 0) is 0 Å². The lowest BCUT2D eigenvalue weighted by Crippen LogP contribution is -2.21. The van der Waals surface area contributed by atoms with E-state index in [4.69, 9.17) is 5.11 Å². The summed E-state index contributed by atoms with van der Waals surface area (Å²) in [5.41, 5.74) is 5.56. The van der Waals surface area contributed by atoms with Crippen LogP contribution in [-0.4, -0.2) is 17.6 Å². The Morgan fingerprint density at radius 2 is 2.62 bits per heavy atom. The van der Waals surface area contributed by atoms with Crippen LogP contribution in [-0.2, 0) is 4.79 Å². The molecule has 0 unspecified atom stereocenters. The van der Waals surface area contributed by atoms with Crippen molar-refractivity contribution in [3.63, 3.8) is 0 Å². The van der Waals surface area contributed by atoms with Crippen LogP contribution in [0.5, 0.6) is 0 Å². The Labute approximate surface area is 46.2 Å². The summed E-state index contributed by atoms with van der Waals surface area (Å²) < 4.78 is 0. The van der Waals surface area contributed by atoms with Gasteiger partial charge in [0.05, 0.1) is 5.57 Å². The second-order valence-electron chi connectivity index (χ2n) is 1.47. The smallest absolute Gasteiger partial charge is 0.334 e. The minimum absolute atomic E-state index is 0.366. The van der Waals surface area contributed by atoms with Crippen LogP contribution < -0.4 is 10.9 Å². The Balaban J connectivity index is 2.57. The monoisotopic (exact) mass is 114 g/mol. The average Bonchev–Trinajstić information content (AvgIpc) is 2.12. The molecule has 0 radical (unpaired) electrons. The number of hydrogen-bond acceptors (Lipinski definition) is 3. The molecule has 0 fully saturated rings. The van der Waals surface area contributed by atoms with E-state index in [1.165, 1.54) is 6.20 Å². The Hall–Kier alpha value is -1.03. The first-order chi connectivity index (χ1) is 3.80. The molecule has 8 heavy (non-hydrogen) atoms. The van der Waals surface area contributed by atoms with E-state index < -0.39 is 5.97 Å². The lowest BCUT2D eigenvalue weighted by Gasteiger charge is -1.87. The van der Waals surface area contributed by atoms with Crippen molar-refractivity contribution in [1.29, 1.82) is 0 Å². The molecule has 0 atom stereocenters. The zero-order valence-electron chi connectivity index (χ0n) is 4.14. The van der Waals surface area contributed by atoms with Crippen LogP contribution in [0.2, 0.25) is 0 Å². The highest BCUT2D eigenvalue weighted by molar-refractivity contribution is 5.87. The maximum absolute atomic E-state index is 10.1. The van der Waals surface area contributed by atoms with Crippen LogP contribution in [0.15, 0.2) is 11.8 Å². The molecule has 0 aromatic carbocycles. The van der Waals surface area contributed by atoms with Crippen molar-refractivity contribution >= 4 is 5.97 Å². The second-order valence-corrected chi connectivity index (χ2v) is 1.47. The second kappa shape index (κ2) is 1.83. The van der Waals surface area contributed by atoms with Crippen molar-refractivity contribution in [3.05, 3.63) is 11.8 Å². The number of aliphatic carboxylic acids is 1. The average molecular weight is 114 g/mol. The fourth-order valence-corrected chi connectivity index (χ4v) is 0.473. The number of rotatable bonds is 1. The van der Waals surface area contributed by atoms with Gasteiger partial charge in [0.1, 0.15) is 0 Å². The molecule has 1 heterocycles. The van der Waals surface area contributed by atoms with E-state index in [1.807, 2.05) is 0 Å². The quantitative estimate of drug-likeness (QED) is 0.412. The van der Waals surface area contributed by atoms with Gasteiger partial charge in [-0.15, -0.1) is 0 Å². The number of hydrogen-bond donors (Lipinski definition) is 3. The number of carbonyl (C=O) groups is 1. The summed E-state index contributed by atoms with van der Waals surface area (Å²) in [7, 11) is 0. The summed E-state index contributed by atoms with van der Waals surface area (Å²) >= 11 is 0. The van der Waals surface area contributed by atoms with E-state index in [0.717, 1.165) is 0 Å². The number of carboxylic acids is 1. The maximum atomic E-state index is 10.1. The Morgan fingerprint density at radius 3 is 2.88 bits per heavy atom. The highest BCUT2D eigenvalue weighted by atomic mass is 16.4. The van der Waals surface area contributed by atoms with E-state index >= 15 is 0 Å². The van der Waals surface area contributed by atoms with Gasteiger partial charge in [0.15, 0.2) is 0 Å². The zero-order valence-corrected chi connectivity index (χ0v) is 4.14. The molecule has 1 aliphatic rings. The minimum atomic E-state index is -0.873. The maximum Gasteiger partial charge on any atom is 0.334 e. The molecule has 0 aromatic rings. The van der Waals surface area contributed by atoms with Crippen molar-refractivity contribution in [2.45, 2.75) is 0 Å². The Bertz CT molecular complexity index is 141. The van der Waals surface area contributed by atoms with Crippen LogP contribution >= 0.6 is 0 Å². The minimum Gasteiger partial charge on any atom is -0.478 e. The van der Waals surface area contributed by atoms with Crippen molar-refractivity contribution in [2.24, 2.45) is 0 Å². The van der Waals surface area contributed by atoms with Crippen LogP contribution in [0, 0.1) is 0 Å². The Kier molecular flexibility index (Phi) is 1.17. The molecule has 44 valence electrons. The van der Waals surface area contributed by atoms with E-state index in [0.29, 0.717) is 12.1 Å². The third-order valence-corrected chi connectivity index (χ3v) is 0.902. The Morgan fingerprint density at radius 1 is 1.88 bits per heavy atom. The topological polar surface area (TPSA) is 61.4 Å². The van der Waals surface area contributed by atoms with Crippen LogP contribution in [0.3, 0.4) is 0 Å². The van der Waals surface area contributed by atoms with Crippen molar-refractivity contribution in [1.82, 2.24) is 10.9 Å². The summed E-state index contributed by atoms with van der Waals surface area (Å²) in [4.78, 5) is 10.1. The lowest BCUT2D eigenvalue weighted by atomic mass is 10.3. The highest BCUT2D eigenvalue weighted by Gasteiger charge is 2.09. The van der Waals surface area contributed by atoms with Gasteiger partial charge in [-0.3, -0.25) is 0 Å². The lowest BCUT2D eigenvalue weighted by molar-refractivity contribution is -0.132. The molecule has 1 aliphatic heterocycles. The molecule has 0 saturated heterocycles. The molecule has 0 saturated carbocycles. The van der Waals surface area contributed by atoms with Gasteiger partial charge in [0.2, 0.25) is 0 Å². The van der Waals surface area contributed by atoms with Gasteiger partial charge in [0.25, 0.3) is 0 Å². The molecular formula is C4H6N2O2. The van der Waals surface area contributed by atoms with Gasteiger partial charge >= 0.3 is 5.97 Å². The first kappa shape index (κ1) is 5.11. The summed E-state index contributed by atoms with van der Waals surface area (Å²) in [6, 6.07) is 0. The first-order valence-electron chi connectivity index (χ1n) is 2.21. The standard InChI is InChI=1S/C4H6N2O2/c7-4(8)3-1-5-6-2-3/h1,5-6H,2H2,(H,7,8). The SMILES string of the molecule is O=C(O)C1=CNNC1. The van der Waals surface area contributed by atoms with E-state index in [-0.39, 0.29) is 0 Å². The molecule has 4 nitrogen and oxygen atoms in total. The van der Waals surface area contributed by atoms with Gasteiger partial charge in [-0.25, -0.2) is 10.2 Å². The predicted octanol–water partition coefficient (Wildman–Crippen LogP) is -0.937. The summed E-state index contributed by atoms with van der Waals surface area (Å²) in [6.07, 6.45) is 1.43. The van der Waals surface area contributed by atoms with E-state index in [2.05, 4.69) is 10.9 Å². The van der Waals surface area contributed by atoms with Crippen molar-refractivity contribution < 1.29 is 9.90 Å². The van der Waals surface area contributed by atoms with Gasteiger partial charge < -0.3 is 10.5 Å². The largest absolute Gasteiger partial charge is 0.478 e.